The summed E-state index contributed by atoms with van der Waals surface area (Å²) in [5.74, 6) is -0.381. The number of benzene rings is 1. The van der Waals surface area contributed by atoms with E-state index in [0.29, 0.717) is 29.2 Å². The number of nitrogens with two attached hydrogens (primary N) is 1. The molecule has 22 heavy (non-hydrogen) atoms. The van der Waals surface area contributed by atoms with Gasteiger partial charge in [0.05, 0.1) is 11.4 Å². The third-order valence-electron chi connectivity index (χ3n) is 3.79. The fourth-order valence-corrected chi connectivity index (χ4v) is 2.86. The van der Waals surface area contributed by atoms with Crippen molar-refractivity contribution in [3.05, 3.63) is 23.0 Å². The largest absolute Gasteiger partial charge is 0.429 e. The van der Waals surface area contributed by atoms with Crippen LogP contribution in [0, 0.1) is 10.8 Å². The van der Waals surface area contributed by atoms with E-state index < -0.39 is 6.03 Å². The molecule has 7 nitrogen and oxygen atoms in total. The third kappa shape index (κ3) is 2.96. The molecule has 1 aliphatic rings. The summed E-state index contributed by atoms with van der Waals surface area (Å²) in [5, 5.41) is 2.85. The normalized spacial score (nSPS) is 18.4. The minimum Gasteiger partial charge on any atom is -0.429 e. The molecule has 2 aromatic rings. The van der Waals surface area contributed by atoms with E-state index in [1.165, 1.54) is 4.90 Å². The molecule has 1 aromatic carbocycles. The van der Waals surface area contributed by atoms with Crippen LogP contribution < -0.4 is 11.1 Å². The van der Waals surface area contributed by atoms with Crippen LogP contribution in [-0.2, 0) is 4.79 Å². The molecule has 8 heteroatoms. The molecule has 3 rings (SSSR count). The Kier molecular flexibility index (Phi) is 3.84. The van der Waals surface area contributed by atoms with Crippen molar-refractivity contribution < 1.29 is 14.0 Å². The molecule has 0 saturated carbocycles. The molecule has 0 bridgehead atoms. The van der Waals surface area contributed by atoms with Crippen LogP contribution in [0.1, 0.15) is 12.8 Å². The molecule has 0 aliphatic carbocycles. The van der Waals surface area contributed by atoms with E-state index in [1.807, 2.05) is 0 Å². The van der Waals surface area contributed by atoms with Crippen LogP contribution in [0.3, 0.4) is 0 Å². The van der Waals surface area contributed by atoms with Crippen molar-refractivity contribution in [2.45, 2.75) is 12.8 Å². The van der Waals surface area contributed by atoms with Crippen molar-refractivity contribution in [2.24, 2.45) is 11.7 Å². The number of aromatic nitrogens is 1. The van der Waals surface area contributed by atoms with Gasteiger partial charge in [-0.3, -0.25) is 4.79 Å². The highest BCUT2D eigenvalue weighted by Crippen LogP contribution is 2.21. The minimum absolute atomic E-state index is 0.126. The van der Waals surface area contributed by atoms with Crippen LogP contribution in [0.25, 0.3) is 11.1 Å². The Morgan fingerprint density at radius 1 is 1.45 bits per heavy atom. The lowest BCUT2D eigenvalue weighted by Gasteiger charge is -2.30. The third-order valence-corrected chi connectivity index (χ3v) is 3.98. The number of aromatic amines is 1. The molecular weight excluding hydrogens is 304 g/mol. The second-order valence-corrected chi connectivity index (χ2v) is 5.71. The van der Waals surface area contributed by atoms with Crippen LogP contribution in [-0.4, -0.2) is 34.9 Å². The summed E-state index contributed by atoms with van der Waals surface area (Å²) in [6.45, 7) is 0.961. The number of oxazole rings is 1. The van der Waals surface area contributed by atoms with Gasteiger partial charge in [0, 0.05) is 24.8 Å². The zero-order chi connectivity index (χ0) is 15.7. The molecule has 1 aliphatic heterocycles. The molecule has 1 saturated heterocycles. The molecule has 3 amide bonds. The summed E-state index contributed by atoms with van der Waals surface area (Å²) in [5.41, 5.74) is 7.27. The lowest BCUT2D eigenvalue weighted by Crippen LogP contribution is -2.46. The molecule has 0 spiro atoms. The average molecular weight is 320 g/mol. The summed E-state index contributed by atoms with van der Waals surface area (Å²) in [6, 6.07) is 4.80. The van der Waals surface area contributed by atoms with Gasteiger partial charge in [-0.2, -0.15) is 0 Å². The van der Waals surface area contributed by atoms with E-state index in [-0.39, 0.29) is 11.8 Å². The number of anilines is 1. The van der Waals surface area contributed by atoms with Gasteiger partial charge in [0.1, 0.15) is 0 Å². The number of likely N-dealkylation sites (tertiary alicyclic amines) is 1. The Hall–Kier alpha value is -2.35. The van der Waals surface area contributed by atoms with Gasteiger partial charge < -0.3 is 25.4 Å². The van der Waals surface area contributed by atoms with Gasteiger partial charge >= 0.3 is 6.03 Å². The SMILES string of the molecule is NC(=O)N1CCC[C@H](C(=O)Nc2ccc3[nH]c(=S)oc3c2)C1. The van der Waals surface area contributed by atoms with Gasteiger partial charge in [0.2, 0.25) is 5.91 Å². The predicted molar refractivity (Wildman–Crippen MR) is 83.9 cm³/mol. The highest BCUT2D eigenvalue weighted by atomic mass is 32.1. The first-order valence-corrected chi connectivity index (χ1v) is 7.42. The monoisotopic (exact) mass is 320 g/mol. The van der Waals surface area contributed by atoms with Crippen molar-refractivity contribution in [1.29, 1.82) is 0 Å². The van der Waals surface area contributed by atoms with Crippen molar-refractivity contribution in [3.8, 4) is 0 Å². The first kappa shape index (κ1) is 14.6. The first-order chi connectivity index (χ1) is 10.5. The summed E-state index contributed by atoms with van der Waals surface area (Å²) >= 11 is 4.92. The number of rotatable bonds is 2. The fraction of sp³-hybridized carbons (Fsp3) is 0.357. The van der Waals surface area contributed by atoms with Crippen molar-refractivity contribution in [3.63, 3.8) is 0 Å². The Morgan fingerprint density at radius 2 is 2.27 bits per heavy atom. The van der Waals surface area contributed by atoms with Gasteiger partial charge in [-0.1, -0.05) is 0 Å². The van der Waals surface area contributed by atoms with Crippen LogP contribution in [0.2, 0.25) is 0 Å². The first-order valence-electron chi connectivity index (χ1n) is 7.01. The number of hydrogen-bond donors (Lipinski definition) is 3. The number of H-pyrrole nitrogens is 1. The van der Waals surface area contributed by atoms with Crippen LogP contribution in [0.5, 0.6) is 0 Å². The van der Waals surface area contributed by atoms with E-state index in [9.17, 15) is 9.59 Å². The van der Waals surface area contributed by atoms with E-state index in [0.717, 1.165) is 18.4 Å². The van der Waals surface area contributed by atoms with Gasteiger partial charge in [0.15, 0.2) is 5.58 Å². The van der Waals surface area contributed by atoms with E-state index in [4.69, 9.17) is 22.4 Å². The molecule has 1 atom stereocenters. The van der Waals surface area contributed by atoms with Crippen molar-refractivity contribution in [2.75, 3.05) is 18.4 Å². The number of fused-ring (bicyclic) bond motifs is 1. The Balaban J connectivity index is 1.72. The minimum atomic E-state index is -0.483. The average Bonchev–Trinajstić information content (AvgIpc) is 2.86. The lowest BCUT2D eigenvalue weighted by molar-refractivity contribution is -0.121. The number of urea groups is 1. The van der Waals surface area contributed by atoms with E-state index in [2.05, 4.69) is 10.3 Å². The molecule has 1 aromatic heterocycles. The van der Waals surface area contributed by atoms with E-state index >= 15 is 0 Å². The maximum atomic E-state index is 12.3. The standard InChI is InChI=1S/C14H16N4O3S/c15-13(20)18-5-1-2-8(7-18)12(19)16-9-3-4-10-11(6-9)21-14(22)17-10/h3-4,6,8H,1-2,5,7H2,(H2,15,20)(H,16,19)(H,17,22)/t8-/m0/s1. The van der Waals surface area contributed by atoms with Gasteiger partial charge in [-0.15, -0.1) is 0 Å². The molecule has 4 N–H and O–H groups in total. The molecule has 0 unspecified atom stereocenters. The summed E-state index contributed by atoms with van der Waals surface area (Å²) in [4.78, 5) is 28.2. The number of amides is 3. The van der Waals surface area contributed by atoms with Crippen LogP contribution >= 0.6 is 12.2 Å². The number of primary amides is 1. The highest BCUT2D eigenvalue weighted by molar-refractivity contribution is 7.71. The number of carbonyl (C=O) groups excluding carboxylic acids is 2. The molecular formula is C14H16N4O3S. The van der Waals surface area contributed by atoms with Crippen molar-refractivity contribution in [1.82, 2.24) is 9.88 Å². The predicted octanol–water partition coefficient (Wildman–Crippen LogP) is 2.22. The Bertz CT molecular complexity index is 782. The quantitative estimate of drug-likeness (QED) is 0.738. The lowest BCUT2D eigenvalue weighted by atomic mass is 9.97. The maximum Gasteiger partial charge on any atom is 0.314 e. The van der Waals surface area contributed by atoms with E-state index in [1.54, 1.807) is 18.2 Å². The maximum absolute atomic E-state index is 12.3. The van der Waals surface area contributed by atoms with Crippen LogP contribution in [0.4, 0.5) is 10.5 Å². The number of hydrogen-bond acceptors (Lipinski definition) is 4. The molecule has 116 valence electrons. The highest BCUT2D eigenvalue weighted by Gasteiger charge is 2.27. The number of carbonyl (C=O) groups is 2. The number of nitrogens with zero attached hydrogens (tertiary/aromatic N) is 1. The topological polar surface area (TPSA) is 104 Å². The van der Waals surface area contributed by atoms with Gasteiger partial charge in [-0.25, -0.2) is 4.79 Å². The van der Waals surface area contributed by atoms with Crippen LogP contribution in [0.15, 0.2) is 22.6 Å². The van der Waals surface area contributed by atoms with Crippen molar-refractivity contribution >= 4 is 40.9 Å². The van der Waals surface area contributed by atoms with Gasteiger partial charge in [-0.05, 0) is 37.2 Å². The summed E-state index contributed by atoms with van der Waals surface area (Å²) < 4.78 is 5.32. The number of nitrogens with one attached hydrogen (secondary N) is 2. The second-order valence-electron chi connectivity index (χ2n) is 5.34. The fourth-order valence-electron chi connectivity index (χ4n) is 2.66. The molecule has 1 fully saturated rings. The smallest absolute Gasteiger partial charge is 0.314 e. The molecule has 0 radical (unpaired) electrons. The molecule has 2 heterocycles. The second kappa shape index (κ2) is 5.80. The Labute approximate surface area is 131 Å². The number of piperidine rings is 1. The Morgan fingerprint density at radius 3 is 3.05 bits per heavy atom. The summed E-state index contributed by atoms with van der Waals surface area (Å²) in [6.07, 6.45) is 1.51. The zero-order valence-electron chi connectivity index (χ0n) is 11.8. The summed E-state index contributed by atoms with van der Waals surface area (Å²) in [7, 11) is 0. The zero-order valence-corrected chi connectivity index (χ0v) is 12.6. The van der Waals surface area contributed by atoms with Gasteiger partial charge in [0.25, 0.3) is 4.84 Å².